The van der Waals surface area contributed by atoms with Gasteiger partial charge in [-0.1, -0.05) is 25.0 Å². The van der Waals surface area contributed by atoms with E-state index in [1.807, 2.05) is 10.7 Å². The number of benzene rings is 1. The summed E-state index contributed by atoms with van der Waals surface area (Å²) in [4.78, 5) is 36.0. The molecule has 2 heterocycles. The zero-order chi connectivity index (χ0) is 19.0. The Labute approximate surface area is 155 Å². The third kappa shape index (κ3) is 3.34. The topological polar surface area (TPSA) is 119 Å². The first-order valence-electron chi connectivity index (χ1n) is 9.18. The van der Waals surface area contributed by atoms with E-state index in [2.05, 4.69) is 10.4 Å². The van der Waals surface area contributed by atoms with Crippen molar-refractivity contribution >= 4 is 17.6 Å². The van der Waals surface area contributed by atoms with E-state index in [1.165, 1.54) is 0 Å². The van der Waals surface area contributed by atoms with Crippen molar-refractivity contribution < 1.29 is 14.3 Å². The quantitative estimate of drug-likeness (QED) is 0.741. The second-order valence-electron chi connectivity index (χ2n) is 7.14. The second-order valence-corrected chi connectivity index (χ2v) is 7.14. The van der Waals surface area contributed by atoms with Crippen LogP contribution in [0.25, 0.3) is 0 Å². The lowest BCUT2D eigenvalue weighted by molar-refractivity contribution is -0.120. The molecule has 1 aliphatic carbocycles. The van der Waals surface area contributed by atoms with Crippen molar-refractivity contribution in [1.82, 2.24) is 9.78 Å². The van der Waals surface area contributed by atoms with Gasteiger partial charge in [0.2, 0.25) is 5.91 Å². The Hall–Kier alpha value is -3.03. The van der Waals surface area contributed by atoms with Crippen LogP contribution in [0.4, 0.5) is 5.82 Å². The molecular formula is C19H22N4O4. The van der Waals surface area contributed by atoms with Gasteiger partial charge in [0.15, 0.2) is 6.61 Å². The number of carbonyl (C=O) groups excluding carboxylic acids is 2. The van der Waals surface area contributed by atoms with Crippen molar-refractivity contribution in [3.63, 3.8) is 0 Å². The second kappa shape index (κ2) is 6.94. The monoisotopic (exact) mass is 370 g/mol. The molecule has 2 amide bonds. The minimum atomic E-state index is -0.565. The number of primary amides is 1. The van der Waals surface area contributed by atoms with Crippen LogP contribution in [-0.2, 0) is 9.59 Å². The maximum atomic E-state index is 12.7. The highest BCUT2D eigenvalue weighted by Gasteiger charge is 2.34. The zero-order valence-corrected chi connectivity index (χ0v) is 14.9. The summed E-state index contributed by atoms with van der Waals surface area (Å²) in [5, 5.41) is 5.81. The summed E-state index contributed by atoms with van der Waals surface area (Å²) in [6.45, 7) is -0.224. The Morgan fingerprint density at radius 3 is 2.78 bits per heavy atom. The minimum Gasteiger partial charge on any atom is -0.484 e. The average molecular weight is 370 g/mol. The molecule has 1 fully saturated rings. The lowest BCUT2D eigenvalue weighted by atomic mass is 9.87. The van der Waals surface area contributed by atoms with E-state index in [9.17, 15) is 14.4 Å². The highest BCUT2D eigenvalue weighted by molar-refractivity contribution is 5.94. The molecule has 142 valence electrons. The predicted octanol–water partition coefficient (Wildman–Crippen LogP) is 1.63. The lowest BCUT2D eigenvalue weighted by Crippen LogP contribution is -2.27. The number of nitrogens with two attached hydrogens (primary N) is 1. The number of aromatic nitrogens is 2. The third-order valence-corrected chi connectivity index (χ3v) is 5.29. The molecule has 8 heteroatoms. The third-order valence-electron chi connectivity index (χ3n) is 5.29. The summed E-state index contributed by atoms with van der Waals surface area (Å²) in [6.07, 6.45) is 4.42. The maximum absolute atomic E-state index is 12.7. The van der Waals surface area contributed by atoms with Gasteiger partial charge in [0.1, 0.15) is 11.6 Å². The van der Waals surface area contributed by atoms with Gasteiger partial charge in [0.05, 0.1) is 11.6 Å². The van der Waals surface area contributed by atoms with Gasteiger partial charge in [-0.15, -0.1) is 0 Å². The zero-order valence-electron chi connectivity index (χ0n) is 14.9. The van der Waals surface area contributed by atoms with Crippen LogP contribution in [-0.4, -0.2) is 28.2 Å². The number of rotatable bonds is 5. The van der Waals surface area contributed by atoms with Gasteiger partial charge in [-0.05, 0) is 30.5 Å². The van der Waals surface area contributed by atoms with Gasteiger partial charge in [0.25, 0.3) is 11.5 Å². The van der Waals surface area contributed by atoms with Crippen molar-refractivity contribution in [3.05, 3.63) is 45.7 Å². The highest BCUT2D eigenvalue weighted by atomic mass is 16.5. The molecule has 8 nitrogen and oxygen atoms in total. The van der Waals surface area contributed by atoms with Gasteiger partial charge in [0, 0.05) is 12.3 Å². The predicted molar refractivity (Wildman–Crippen MR) is 98.8 cm³/mol. The van der Waals surface area contributed by atoms with Crippen LogP contribution >= 0.6 is 0 Å². The van der Waals surface area contributed by atoms with Crippen LogP contribution in [0.5, 0.6) is 5.75 Å². The van der Waals surface area contributed by atoms with Crippen molar-refractivity contribution in [3.8, 4) is 5.75 Å². The number of carbonyl (C=O) groups is 2. The molecule has 0 unspecified atom stereocenters. The fourth-order valence-electron chi connectivity index (χ4n) is 4.08. The molecule has 2 aliphatic rings. The average Bonchev–Trinajstić information content (AvgIpc) is 3.28. The molecule has 1 aromatic heterocycles. The largest absolute Gasteiger partial charge is 0.484 e. The summed E-state index contributed by atoms with van der Waals surface area (Å²) >= 11 is 0. The summed E-state index contributed by atoms with van der Waals surface area (Å²) in [5.41, 5.74) is 6.32. The minimum absolute atomic E-state index is 0.123. The Bertz CT molecular complexity index is 939. The van der Waals surface area contributed by atoms with Crippen LogP contribution in [0.3, 0.4) is 0 Å². The summed E-state index contributed by atoms with van der Waals surface area (Å²) < 4.78 is 7.20. The fourth-order valence-corrected chi connectivity index (χ4v) is 4.08. The number of anilines is 1. The van der Waals surface area contributed by atoms with Crippen molar-refractivity contribution in [2.45, 2.75) is 44.1 Å². The molecule has 4 rings (SSSR count). The number of hydrogen-bond acceptors (Lipinski definition) is 4. The van der Waals surface area contributed by atoms with E-state index >= 15 is 0 Å². The molecule has 1 aromatic carbocycles. The van der Waals surface area contributed by atoms with Crippen molar-refractivity contribution in [2.75, 3.05) is 11.9 Å². The van der Waals surface area contributed by atoms with Crippen LogP contribution < -0.4 is 21.3 Å². The molecule has 0 spiro atoms. The first kappa shape index (κ1) is 17.4. The molecule has 0 saturated heterocycles. The van der Waals surface area contributed by atoms with Gasteiger partial charge < -0.3 is 15.8 Å². The van der Waals surface area contributed by atoms with E-state index < -0.39 is 5.91 Å². The molecule has 1 saturated carbocycles. The van der Waals surface area contributed by atoms with Gasteiger partial charge in [-0.25, -0.2) is 0 Å². The number of H-pyrrole nitrogens is 1. The summed E-state index contributed by atoms with van der Waals surface area (Å²) in [5.74, 6) is 0.00546. The number of nitrogens with one attached hydrogen (secondary N) is 2. The number of hydrogen-bond donors (Lipinski definition) is 3. The lowest BCUT2D eigenvalue weighted by Gasteiger charge is -2.25. The Balaban J connectivity index is 1.71. The van der Waals surface area contributed by atoms with Gasteiger partial charge in [-0.3, -0.25) is 24.2 Å². The van der Waals surface area contributed by atoms with E-state index in [0.717, 1.165) is 31.2 Å². The molecule has 1 aliphatic heterocycles. The Kier molecular flexibility index (Phi) is 4.47. The molecule has 0 radical (unpaired) electrons. The fraction of sp³-hybridized carbons (Fsp3) is 0.421. The van der Waals surface area contributed by atoms with E-state index in [4.69, 9.17) is 10.5 Å². The Morgan fingerprint density at radius 2 is 2.04 bits per heavy atom. The molecule has 27 heavy (non-hydrogen) atoms. The number of nitrogens with zero attached hydrogens (tertiary/aromatic N) is 1. The summed E-state index contributed by atoms with van der Waals surface area (Å²) in [6, 6.07) is 7.31. The number of amides is 2. The first-order chi connectivity index (χ1) is 13.0. The number of aromatic amines is 1. The maximum Gasteiger partial charge on any atom is 0.270 e. The number of ether oxygens (including phenoxy) is 1. The van der Waals surface area contributed by atoms with E-state index in [-0.39, 0.29) is 36.5 Å². The van der Waals surface area contributed by atoms with Gasteiger partial charge >= 0.3 is 0 Å². The smallest absolute Gasteiger partial charge is 0.270 e. The molecule has 2 aromatic rings. The van der Waals surface area contributed by atoms with Crippen LogP contribution in [0.15, 0.2) is 29.1 Å². The van der Waals surface area contributed by atoms with Crippen LogP contribution in [0.1, 0.15) is 55.2 Å². The standard InChI is InChI=1S/C19H22N4O4/c20-15(24)10-27-13-7-3-4-11(8-13)14-9-16(25)21-18-17(14)19(26)22-23(18)12-5-1-2-6-12/h3-4,7-8,12,14H,1-2,5-6,9-10H2,(H2,20,24)(H,21,25)(H,22,26)/t14-/m1/s1. The SMILES string of the molecule is NC(=O)COc1cccc([C@H]2CC(=O)Nc3c2c(=O)[nH]n3C2CCCC2)c1. The van der Waals surface area contributed by atoms with E-state index in [0.29, 0.717) is 17.1 Å². The highest BCUT2D eigenvalue weighted by Crippen LogP contribution is 2.39. The van der Waals surface area contributed by atoms with Gasteiger partial charge in [-0.2, -0.15) is 0 Å². The van der Waals surface area contributed by atoms with Crippen molar-refractivity contribution in [2.24, 2.45) is 5.73 Å². The molecule has 1 atom stereocenters. The van der Waals surface area contributed by atoms with E-state index in [1.54, 1.807) is 18.2 Å². The normalized spacial score (nSPS) is 19.6. The Morgan fingerprint density at radius 1 is 1.26 bits per heavy atom. The molecular weight excluding hydrogens is 348 g/mol. The van der Waals surface area contributed by atoms with Crippen LogP contribution in [0, 0.1) is 0 Å². The first-order valence-corrected chi connectivity index (χ1v) is 9.18. The molecule has 0 bridgehead atoms. The summed E-state index contributed by atoms with van der Waals surface area (Å²) in [7, 11) is 0. The molecule has 4 N–H and O–H groups in total. The number of fused-ring (bicyclic) bond motifs is 1. The van der Waals surface area contributed by atoms with Crippen molar-refractivity contribution in [1.29, 1.82) is 0 Å². The van der Waals surface area contributed by atoms with Crippen LogP contribution in [0.2, 0.25) is 0 Å².